The van der Waals surface area contributed by atoms with Crippen LogP contribution in [0.15, 0.2) is 0 Å². The average Bonchev–Trinajstić information content (AvgIpc) is 2.45. The lowest BCUT2D eigenvalue weighted by molar-refractivity contribution is -0.126. The molecule has 0 aliphatic carbocycles. The third-order valence-electron chi connectivity index (χ3n) is 3.90. The molecule has 1 aliphatic rings. The molecule has 1 aliphatic heterocycles. The number of carbonyl (C=O) groups excluding carboxylic acids is 1. The van der Waals surface area contributed by atoms with Crippen LogP contribution in [0.1, 0.15) is 51.9 Å². The Balaban J connectivity index is 2.16. The molecular formula is C15H31N3O. The van der Waals surface area contributed by atoms with E-state index in [2.05, 4.69) is 17.1 Å². The fourth-order valence-corrected chi connectivity index (χ4v) is 2.75. The van der Waals surface area contributed by atoms with Gasteiger partial charge in [-0.25, -0.2) is 0 Å². The molecule has 0 bridgehead atoms. The van der Waals surface area contributed by atoms with Gasteiger partial charge in [0.15, 0.2) is 0 Å². The maximum absolute atomic E-state index is 11.9. The van der Waals surface area contributed by atoms with Crippen LogP contribution in [0.3, 0.4) is 0 Å². The minimum atomic E-state index is 0.177. The first-order valence-electron chi connectivity index (χ1n) is 7.98. The molecule has 1 atom stereocenters. The van der Waals surface area contributed by atoms with Gasteiger partial charge in [0, 0.05) is 19.6 Å². The molecule has 0 saturated carbocycles. The molecule has 1 unspecified atom stereocenters. The number of amides is 1. The van der Waals surface area contributed by atoms with Crippen molar-refractivity contribution in [2.75, 3.05) is 32.7 Å². The van der Waals surface area contributed by atoms with Crippen LogP contribution < -0.4 is 11.1 Å². The second-order valence-corrected chi connectivity index (χ2v) is 5.63. The number of hydrogen-bond acceptors (Lipinski definition) is 3. The van der Waals surface area contributed by atoms with Crippen molar-refractivity contribution in [1.29, 1.82) is 0 Å². The lowest BCUT2D eigenvalue weighted by Gasteiger charge is -2.32. The minimum absolute atomic E-state index is 0.177. The van der Waals surface area contributed by atoms with Crippen LogP contribution >= 0.6 is 0 Å². The Bertz CT molecular complexity index is 246. The van der Waals surface area contributed by atoms with Gasteiger partial charge in [0.1, 0.15) is 0 Å². The van der Waals surface area contributed by atoms with Gasteiger partial charge in [-0.3, -0.25) is 4.79 Å². The highest BCUT2D eigenvalue weighted by Crippen LogP contribution is 2.17. The van der Waals surface area contributed by atoms with Gasteiger partial charge in [0.2, 0.25) is 5.91 Å². The molecular weight excluding hydrogens is 238 g/mol. The second kappa shape index (κ2) is 10.2. The Morgan fingerprint density at radius 1 is 1.32 bits per heavy atom. The zero-order valence-electron chi connectivity index (χ0n) is 12.5. The quantitative estimate of drug-likeness (QED) is 0.627. The molecule has 3 N–H and O–H groups in total. The van der Waals surface area contributed by atoms with E-state index >= 15 is 0 Å². The van der Waals surface area contributed by atoms with E-state index in [1.807, 2.05) is 0 Å². The lowest BCUT2D eigenvalue weighted by Crippen LogP contribution is -2.44. The Morgan fingerprint density at radius 3 is 2.84 bits per heavy atom. The Kier molecular flexibility index (Phi) is 8.84. The fourth-order valence-electron chi connectivity index (χ4n) is 2.75. The van der Waals surface area contributed by atoms with Crippen LogP contribution in [0.25, 0.3) is 0 Å². The number of likely N-dealkylation sites (tertiary alicyclic amines) is 1. The van der Waals surface area contributed by atoms with Crippen molar-refractivity contribution in [3.8, 4) is 0 Å². The summed E-state index contributed by atoms with van der Waals surface area (Å²) in [4.78, 5) is 14.4. The predicted octanol–water partition coefficient (Wildman–Crippen LogP) is 1.74. The molecule has 4 heteroatoms. The number of rotatable bonds is 9. The molecule has 112 valence electrons. The first kappa shape index (κ1) is 16.4. The van der Waals surface area contributed by atoms with E-state index in [1.165, 1.54) is 32.1 Å². The second-order valence-electron chi connectivity index (χ2n) is 5.63. The molecule has 1 fully saturated rings. The maximum atomic E-state index is 11.9. The lowest BCUT2D eigenvalue weighted by atomic mass is 9.97. The SMILES string of the molecule is CCCCCCCN1CCCC(C(=O)NCCN)C1. The summed E-state index contributed by atoms with van der Waals surface area (Å²) in [5.41, 5.74) is 5.41. The van der Waals surface area contributed by atoms with E-state index in [0.29, 0.717) is 13.1 Å². The third kappa shape index (κ3) is 6.92. The summed E-state index contributed by atoms with van der Waals surface area (Å²) in [5, 5.41) is 2.92. The molecule has 0 aromatic rings. The van der Waals surface area contributed by atoms with Crippen molar-refractivity contribution in [2.24, 2.45) is 11.7 Å². The van der Waals surface area contributed by atoms with E-state index in [4.69, 9.17) is 5.73 Å². The summed E-state index contributed by atoms with van der Waals surface area (Å²) in [6.45, 7) is 6.63. The molecule has 1 heterocycles. The predicted molar refractivity (Wildman–Crippen MR) is 80.0 cm³/mol. The molecule has 0 aromatic carbocycles. The van der Waals surface area contributed by atoms with E-state index in [-0.39, 0.29) is 11.8 Å². The number of nitrogens with two attached hydrogens (primary N) is 1. The third-order valence-corrected chi connectivity index (χ3v) is 3.90. The van der Waals surface area contributed by atoms with E-state index < -0.39 is 0 Å². The molecule has 0 radical (unpaired) electrons. The summed E-state index contributed by atoms with van der Waals surface area (Å²) in [7, 11) is 0. The average molecular weight is 269 g/mol. The highest BCUT2D eigenvalue weighted by molar-refractivity contribution is 5.78. The van der Waals surface area contributed by atoms with Gasteiger partial charge in [-0.2, -0.15) is 0 Å². The highest BCUT2D eigenvalue weighted by atomic mass is 16.1. The molecule has 1 amide bonds. The molecule has 4 nitrogen and oxygen atoms in total. The van der Waals surface area contributed by atoms with Gasteiger partial charge in [0.25, 0.3) is 0 Å². The van der Waals surface area contributed by atoms with Crippen molar-refractivity contribution in [3.63, 3.8) is 0 Å². The molecule has 19 heavy (non-hydrogen) atoms. The minimum Gasteiger partial charge on any atom is -0.355 e. The number of hydrogen-bond donors (Lipinski definition) is 2. The van der Waals surface area contributed by atoms with Crippen molar-refractivity contribution < 1.29 is 4.79 Å². The number of carbonyl (C=O) groups is 1. The molecule has 1 rings (SSSR count). The Morgan fingerprint density at radius 2 is 2.11 bits per heavy atom. The largest absolute Gasteiger partial charge is 0.355 e. The standard InChI is InChI=1S/C15H31N3O/c1-2-3-4-5-6-11-18-12-7-8-14(13-18)15(19)17-10-9-16/h14H,2-13,16H2,1H3,(H,17,19). The summed E-state index contributed by atoms with van der Waals surface area (Å²) < 4.78 is 0. The van der Waals surface area contributed by atoms with Crippen LogP contribution in [0.2, 0.25) is 0 Å². The normalized spacial score (nSPS) is 20.4. The Labute approximate surface area is 118 Å². The smallest absolute Gasteiger partial charge is 0.224 e. The van der Waals surface area contributed by atoms with Crippen molar-refractivity contribution >= 4 is 5.91 Å². The zero-order chi connectivity index (χ0) is 13.9. The number of nitrogens with one attached hydrogen (secondary N) is 1. The van der Waals surface area contributed by atoms with E-state index in [9.17, 15) is 4.79 Å². The number of piperidine rings is 1. The van der Waals surface area contributed by atoms with Crippen LogP contribution in [0.4, 0.5) is 0 Å². The van der Waals surface area contributed by atoms with Crippen molar-refractivity contribution in [2.45, 2.75) is 51.9 Å². The van der Waals surface area contributed by atoms with Gasteiger partial charge < -0.3 is 16.0 Å². The number of nitrogens with zero attached hydrogens (tertiary/aromatic N) is 1. The van der Waals surface area contributed by atoms with E-state index in [0.717, 1.165) is 32.5 Å². The van der Waals surface area contributed by atoms with Gasteiger partial charge in [0.05, 0.1) is 5.92 Å². The molecule has 0 aromatic heterocycles. The van der Waals surface area contributed by atoms with Crippen LogP contribution in [0, 0.1) is 5.92 Å². The van der Waals surface area contributed by atoms with Crippen LogP contribution in [0.5, 0.6) is 0 Å². The fraction of sp³-hybridized carbons (Fsp3) is 0.933. The van der Waals surface area contributed by atoms with Gasteiger partial charge >= 0.3 is 0 Å². The van der Waals surface area contributed by atoms with Crippen molar-refractivity contribution in [1.82, 2.24) is 10.2 Å². The topological polar surface area (TPSA) is 58.4 Å². The summed E-state index contributed by atoms with van der Waals surface area (Å²) in [5.74, 6) is 0.372. The molecule has 0 spiro atoms. The van der Waals surface area contributed by atoms with E-state index in [1.54, 1.807) is 0 Å². The van der Waals surface area contributed by atoms with Gasteiger partial charge in [-0.05, 0) is 32.4 Å². The summed E-state index contributed by atoms with van der Waals surface area (Å²) in [6, 6.07) is 0. The van der Waals surface area contributed by atoms with Crippen LogP contribution in [-0.4, -0.2) is 43.5 Å². The monoisotopic (exact) mass is 269 g/mol. The van der Waals surface area contributed by atoms with Gasteiger partial charge in [-0.1, -0.05) is 32.6 Å². The first-order valence-corrected chi connectivity index (χ1v) is 7.98. The zero-order valence-corrected chi connectivity index (χ0v) is 12.5. The molecule has 1 saturated heterocycles. The summed E-state index contributed by atoms with van der Waals surface area (Å²) >= 11 is 0. The Hall–Kier alpha value is -0.610. The summed E-state index contributed by atoms with van der Waals surface area (Å²) in [6.07, 6.45) is 8.78. The highest BCUT2D eigenvalue weighted by Gasteiger charge is 2.24. The van der Waals surface area contributed by atoms with Gasteiger partial charge in [-0.15, -0.1) is 0 Å². The number of unbranched alkanes of at least 4 members (excludes halogenated alkanes) is 4. The first-order chi connectivity index (χ1) is 9.27. The maximum Gasteiger partial charge on any atom is 0.224 e. The van der Waals surface area contributed by atoms with Crippen LogP contribution in [-0.2, 0) is 4.79 Å². The van der Waals surface area contributed by atoms with Crippen molar-refractivity contribution in [3.05, 3.63) is 0 Å².